The van der Waals surface area contributed by atoms with Crippen LogP contribution in [0.4, 0.5) is 8.78 Å². The molecule has 0 aliphatic heterocycles. The Bertz CT molecular complexity index is 1090. The van der Waals surface area contributed by atoms with Gasteiger partial charge < -0.3 is 9.47 Å². The van der Waals surface area contributed by atoms with Gasteiger partial charge in [0.15, 0.2) is 17.2 Å². The Morgan fingerprint density at radius 1 is 1.16 bits per heavy atom. The molecule has 168 valence electrons. The Morgan fingerprint density at radius 3 is 2.35 bits per heavy atom. The van der Waals surface area contributed by atoms with Crippen LogP contribution in [0.1, 0.15) is 56.6 Å². The monoisotopic (exact) mass is 454 g/mol. The highest BCUT2D eigenvalue weighted by Gasteiger charge is 2.49. The van der Waals surface area contributed by atoms with E-state index in [1.54, 1.807) is 16.9 Å². The Hall–Kier alpha value is -2.75. The van der Waals surface area contributed by atoms with E-state index in [1.165, 1.54) is 27.0 Å². The molecule has 3 rings (SSSR count). The van der Waals surface area contributed by atoms with Crippen LogP contribution in [0.5, 0.6) is 11.5 Å². The molecule has 1 aromatic heterocycles. The maximum atomic E-state index is 14.7. The van der Waals surface area contributed by atoms with Crippen LogP contribution in [0.15, 0.2) is 30.5 Å². The van der Waals surface area contributed by atoms with Gasteiger partial charge in [0.1, 0.15) is 5.75 Å². The number of rotatable bonds is 7. The molecular weight excluding hydrogens is 430 g/mol. The van der Waals surface area contributed by atoms with Crippen molar-refractivity contribution in [2.75, 3.05) is 6.61 Å². The lowest BCUT2D eigenvalue weighted by Gasteiger charge is -2.20. The summed E-state index contributed by atoms with van der Waals surface area (Å²) in [4.78, 5) is 16.5. The van der Waals surface area contributed by atoms with Gasteiger partial charge in [-0.25, -0.2) is 17.5 Å². The molecule has 1 heterocycles. The van der Waals surface area contributed by atoms with Crippen molar-refractivity contribution in [2.24, 2.45) is 0 Å². The van der Waals surface area contributed by atoms with Crippen molar-refractivity contribution in [3.8, 4) is 11.5 Å². The maximum absolute atomic E-state index is 14.7. The Labute approximate surface area is 179 Å². The SMILES string of the molecule is CCOc1ccc(C2(Oc3ccc(C(=O)NS(=O)(=O)C(C)(C)C)c(F)c3F)CC2)nc1. The minimum Gasteiger partial charge on any atom is -0.492 e. The lowest BCUT2D eigenvalue weighted by atomic mass is 10.1. The fourth-order valence-electron chi connectivity index (χ4n) is 2.75. The number of halogens is 2. The fourth-order valence-corrected chi connectivity index (χ4v) is 3.41. The summed E-state index contributed by atoms with van der Waals surface area (Å²) in [5.41, 5.74) is -1.08. The van der Waals surface area contributed by atoms with Crippen LogP contribution < -0.4 is 14.2 Å². The Balaban J connectivity index is 1.82. The van der Waals surface area contributed by atoms with Crippen molar-refractivity contribution in [1.82, 2.24) is 9.71 Å². The molecule has 0 saturated heterocycles. The molecule has 1 aliphatic rings. The third kappa shape index (κ3) is 4.63. The van der Waals surface area contributed by atoms with E-state index in [1.807, 2.05) is 6.92 Å². The van der Waals surface area contributed by atoms with Gasteiger partial charge >= 0.3 is 0 Å². The van der Waals surface area contributed by atoms with E-state index in [0.29, 0.717) is 30.9 Å². The first-order chi connectivity index (χ1) is 14.4. The molecule has 1 N–H and O–H groups in total. The maximum Gasteiger partial charge on any atom is 0.267 e. The number of amides is 1. The predicted molar refractivity (Wildman–Crippen MR) is 109 cm³/mol. The van der Waals surface area contributed by atoms with Gasteiger partial charge in [-0.3, -0.25) is 9.78 Å². The minimum absolute atomic E-state index is 0.388. The van der Waals surface area contributed by atoms with Gasteiger partial charge in [0, 0.05) is 0 Å². The quantitative estimate of drug-likeness (QED) is 0.686. The van der Waals surface area contributed by atoms with E-state index in [2.05, 4.69) is 4.98 Å². The zero-order valence-electron chi connectivity index (χ0n) is 17.7. The van der Waals surface area contributed by atoms with Crippen molar-refractivity contribution >= 4 is 15.9 Å². The summed E-state index contributed by atoms with van der Waals surface area (Å²) in [5.74, 6) is -3.93. The number of pyridine rings is 1. The highest BCUT2D eigenvalue weighted by molar-refractivity contribution is 7.91. The smallest absolute Gasteiger partial charge is 0.267 e. The molecule has 1 aromatic carbocycles. The second kappa shape index (κ2) is 8.07. The number of sulfonamides is 1. The lowest BCUT2D eigenvalue weighted by Crippen LogP contribution is -2.42. The average molecular weight is 454 g/mol. The van der Waals surface area contributed by atoms with E-state index in [0.717, 1.165) is 12.1 Å². The van der Waals surface area contributed by atoms with Gasteiger partial charge in [-0.05, 0) is 64.8 Å². The molecule has 31 heavy (non-hydrogen) atoms. The summed E-state index contributed by atoms with van der Waals surface area (Å²) >= 11 is 0. The Kier molecular flexibility index (Phi) is 5.96. The van der Waals surface area contributed by atoms with Gasteiger partial charge in [0.25, 0.3) is 5.91 Å². The largest absolute Gasteiger partial charge is 0.492 e. The van der Waals surface area contributed by atoms with Gasteiger partial charge in [0.2, 0.25) is 15.8 Å². The number of hydrogen-bond donors (Lipinski definition) is 1. The first kappa shape index (κ1) is 22.9. The zero-order valence-corrected chi connectivity index (χ0v) is 18.5. The summed E-state index contributed by atoms with van der Waals surface area (Å²) in [6.07, 6.45) is 2.64. The van der Waals surface area contributed by atoms with E-state index >= 15 is 0 Å². The van der Waals surface area contributed by atoms with Crippen LogP contribution in [0.25, 0.3) is 0 Å². The first-order valence-corrected chi connectivity index (χ1v) is 11.2. The molecule has 1 amide bonds. The van der Waals surface area contributed by atoms with Crippen LogP contribution in [0.2, 0.25) is 0 Å². The minimum atomic E-state index is -4.09. The van der Waals surface area contributed by atoms with Crippen molar-refractivity contribution in [3.05, 3.63) is 53.4 Å². The third-order valence-corrected chi connectivity index (χ3v) is 6.91. The fraction of sp³-hybridized carbons (Fsp3) is 0.429. The lowest BCUT2D eigenvalue weighted by molar-refractivity contribution is 0.0975. The number of aromatic nitrogens is 1. The van der Waals surface area contributed by atoms with E-state index < -0.39 is 43.5 Å². The Morgan fingerprint density at radius 2 is 1.84 bits per heavy atom. The van der Waals surface area contributed by atoms with Gasteiger partial charge in [-0.1, -0.05) is 0 Å². The molecule has 10 heteroatoms. The highest BCUT2D eigenvalue weighted by Crippen LogP contribution is 2.49. The summed E-state index contributed by atoms with van der Waals surface area (Å²) in [7, 11) is -4.09. The first-order valence-electron chi connectivity index (χ1n) is 9.73. The molecule has 0 spiro atoms. The molecular formula is C21H24F2N2O5S. The topological polar surface area (TPSA) is 94.6 Å². The van der Waals surface area contributed by atoms with Gasteiger partial charge in [0.05, 0.1) is 28.8 Å². The summed E-state index contributed by atoms with van der Waals surface area (Å²) < 4.78 is 65.0. The standard InChI is InChI=1S/C21H24F2N2O5S/c1-5-29-13-6-9-16(24-12-13)21(10-11-21)30-15-8-7-14(17(22)18(15)23)19(26)25-31(27,28)20(2,3)4/h6-9,12H,5,10-11H2,1-4H3,(H,25,26). The number of carbonyl (C=O) groups is 1. The number of hydrogen-bond acceptors (Lipinski definition) is 6. The molecule has 7 nitrogen and oxygen atoms in total. The van der Waals surface area contributed by atoms with Crippen molar-refractivity contribution in [1.29, 1.82) is 0 Å². The summed E-state index contributed by atoms with van der Waals surface area (Å²) in [6, 6.07) is 5.51. The molecule has 1 saturated carbocycles. The van der Waals surface area contributed by atoms with Gasteiger partial charge in [-0.15, -0.1) is 0 Å². The number of benzene rings is 1. The number of nitrogens with one attached hydrogen (secondary N) is 1. The van der Waals surface area contributed by atoms with Crippen LogP contribution in [0, 0.1) is 11.6 Å². The predicted octanol–water partition coefficient (Wildman–Crippen LogP) is 3.68. The molecule has 1 fully saturated rings. The normalized spacial score (nSPS) is 15.3. The second-order valence-electron chi connectivity index (χ2n) is 8.19. The van der Waals surface area contributed by atoms with Crippen LogP contribution in [-0.2, 0) is 15.6 Å². The molecule has 0 radical (unpaired) electrons. The van der Waals surface area contributed by atoms with Crippen molar-refractivity contribution in [2.45, 2.75) is 50.9 Å². The molecule has 0 unspecified atom stereocenters. The van der Waals surface area contributed by atoms with Crippen LogP contribution in [-0.4, -0.2) is 30.7 Å². The average Bonchev–Trinajstić information content (AvgIpc) is 3.46. The summed E-state index contributed by atoms with van der Waals surface area (Å²) in [6.45, 7) is 6.46. The van der Waals surface area contributed by atoms with Crippen molar-refractivity contribution in [3.63, 3.8) is 0 Å². The van der Waals surface area contributed by atoms with Crippen LogP contribution in [0.3, 0.4) is 0 Å². The van der Waals surface area contributed by atoms with E-state index in [4.69, 9.17) is 9.47 Å². The molecule has 0 bridgehead atoms. The second-order valence-corrected chi connectivity index (χ2v) is 10.6. The summed E-state index contributed by atoms with van der Waals surface area (Å²) in [5, 5.41) is 0. The number of carbonyl (C=O) groups excluding carboxylic acids is 1. The number of ether oxygens (including phenoxy) is 2. The molecule has 1 aliphatic carbocycles. The molecule has 0 atom stereocenters. The third-order valence-electron chi connectivity index (χ3n) is 4.85. The highest BCUT2D eigenvalue weighted by atomic mass is 32.2. The number of nitrogens with zero attached hydrogens (tertiary/aromatic N) is 1. The van der Waals surface area contributed by atoms with Gasteiger partial charge in [-0.2, -0.15) is 4.39 Å². The van der Waals surface area contributed by atoms with Crippen LogP contribution >= 0.6 is 0 Å². The molecule has 2 aromatic rings. The van der Waals surface area contributed by atoms with Crippen molar-refractivity contribution < 1.29 is 31.5 Å². The van der Waals surface area contributed by atoms with E-state index in [9.17, 15) is 22.0 Å². The zero-order chi connectivity index (χ0) is 23.0. The van der Waals surface area contributed by atoms with E-state index in [-0.39, 0.29) is 5.75 Å².